The van der Waals surface area contributed by atoms with Crippen LogP contribution in [0.2, 0.25) is 0 Å². The quantitative estimate of drug-likeness (QED) is 0.437. The Bertz CT molecular complexity index is 975. The molecule has 3 aromatic heterocycles. The molecule has 4 rings (SSSR count). The second kappa shape index (κ2) is 7.76. The summed E-state index contributed by atoms with van der Waals surface area (Å²) in [6, 6.07) is 9.94. The Balaban J connectivity index is 1.23. The minimum atomic E-state index is -0.276. The van der Waals surface area contributed by atoms with Gasteiger partial charge in [-0.05, 0) is 36.4 Å². The first-order chi connectivity index (χ1) is 12.8. The fourth-order valence-electron chi connectivity index (χ4n) is 2.45. The van der Waals surface area contributed by atoms with Crippen LogP contribution in [0.1, 0.15) is 23.7 Å². The molecule has 1 aromatic carbocycles. The monoisotopic (exact) mass is 385 g/mol. The molecule has 0 unspecified atom stereocenters. The second-order valence-corrected chi connectivity index (χ2v) is 7.51. The maximum atomic E-state index is 11.9. The average molecular weight is 385 g/mol. The number of hydrogen-bond acceptors (Lipinski definition) is 8. The molecule has 0 aliphatic carbocycles. The van der Waals surface area contributed by atoms with Gasteiger partial charge in [-0.2, -0.15) is 16.3 Å². The van der Waals surface area contributed by atoms with E-state index in [9.17, 15) is 4.79 Å². The molecule has 0 saturated heterocycles. The molecule has 0 bridgehead atoms. The molecule has 0 N–H and O–H groups in total. The summed E-state index contributed by atoms with van der Waals surface area (Å²) in [4.78, 5) is 20.7. The Morgan fingerprint density at radius 1 is 1.19 bits per heavy atom. The van der Waals surface area contributed by atoms with Gasteiger partial charge in [0.1, 0.15) is 0 Å². The van der Waals surface area contributed by atoms with Gasteiger partial charge in [-0.3, -0.25) is 4.79 Å². The van der Waals surface area contributed by atoms with Gasteiger partial charge >= 0.3 is 5.97 Å². The highest BCUT2D eigenvalue weighted by atomic mass is 32.1. The van der Waals surface area contributed by atoms with Crippen LogP contribution in [0.4, 0.5) is 0 Å². The molecule has 0 saturated carbocycles. The standard InChI is InChI=1S/C18H15N3O3S2/c22-17(7-3-6-16-19-13-4-1-2-5-14(13)26-16)23-10-15-20-18(21-24-15)12-8-9-25-11-12/h1-2,4-5,8-9,11H,3,6-7,10H2. The van der Waals surface area contributed by atoms with Crippen molar-refractivity contribution < 1.29 is 14.1 Å². The van der Waals surface area contributed by atoms with Gasteiger partial charge in [-0.1, -0.05) is 17.3 Å². The van der Waals surface area contributed by atoms with Gasteiger partial charge in [0.2, 0.25) is 5.82 Å². The van der Waals surface area contributed by atoms with Crippen LogP contribution in [0.15, 0.2) is 45.6 Å². The van der Waals surface area contributed by atoms with Crippen LogP contribution < -0.4 is 0 Å². The summed E-state index contributed by atoms with van der Waals surface area (Å²) in [5, 5.41) is 8.79. The number of nitrogens with zero attached hydrogens (tertiary/aromatic N) is 3. The summed E-state index contributed by atoms with van der Waals surface area (Å²) in [5.41, 5.74) is 1.90. The summed E-state index contributed by atoms with van der Waals surface area (Å²) in [5.74, 6) is 0.528. The van der Waals surface area contributed by atoms with E-state index in [-0.39, 0.29) is 12.6 Å². The average Bonchev–Trinajstić information content (AvgIpc) is 3.38. The van der Waals surface area contributed by atoms with E-state index in [4.69, 9.17) is 9.26 Å². The zero-order valence-corrected chi connectivity index (χ0v) is 15.4. The lowest BCUT2D eigenvalue weighted by atomic mass is 10.2. The summed E-state index contributed by atoms with van der Waals surface area (Å²) in [6.45, 7) is -0.00287. The zero-order valence-electron chi connectivity index (χ0n) is 13.8. The first-order valence-corrected chi connectivity index (χ1v) is 9.89. The third-order valence-electron chi connectivity index (χ3n) is 3.71. The van der Waals surface area contributed by atoms with E-state index in [0.717, 1.165) is 22.5 Å². The first kappa shape index (κ1) is 16.9. The normalized spacial score (nSPS) is 11.1. The maximum Gasteiger partial charge on any atom is 0.306 e. The molecule has 0 fully saturated rings. The van der Waals surface area contributed by atoms with Crippen molar-refractivity contribution in [2.24, 2.45) is 0 Å². The molecule has 132 valence electrons. The molecular weight excluding hydrogens is 370 g/mol. The molecule has 6 nitrogen and oxygen atoms in total. The highest BCUT2D eigenvalue weighted by Crippen LogP contribution is 2.23. The van der Waals surface area contributed by atoms with Gasteiger partial charge in [-0.15, -0.1) is 11.3 Å². The first-order valence-electron chi connectivity index (χ1n) is 8.13. The van der Waals surface area contributed by atoms with Crippen molar-refractivity contribution in [2.45, 2.75) is 25.9 Å². The van der Waals surface area contributed by atoms with Gasteiger partial charge in [0.25, 0.3) is 5.89 Å². The number of carbonyl (C=O) groups excluding carboxylic acids is 1. The number of aromatic nitrogens is 3. The van der Waals surface area contributed by atoms with Crippen molar-refractivity contribution in [3.05, 3.63) is 52.0 Å². The van der Waals surface area contributed by atoms with Crippen molar-refractivity contribution >= 4 is 38.9 Å². The molecule has 3 heterocycles. The number of rotatable bonds is 7. The van der Waals surface area contributed by atoms with Crippen LogP contribution in [0.5, 0.6) is 0 Å². The van der Waals surface area contributed by atoms with E-state index >= 15 is 0 Å². The van der Waals surface area contributed by atoms with Crippen LogP contribution in [0.25, 0.3) is 21.6 Å². The highest BCUT2D eigenvalue weighted by Gasteiger charge is 2.12. The minimum absolute atomic E-state index is 0.00287. The Morgan fingerprint density at radius 2 is 2.12 bits per heavy atom. The van der Waals surface area contributed by atoms with E-state index in [1.54, 1.807) is 22.7 Å². The summed E-state index contributed by atoms with van der Waals surface area (Å²) in [7, 11) is 0. The topological polar surface area (TPSA) is 78.1 Å². The lowest BCUT2D eigenvalue weighted by Crippen LogP contribution is -2.05. The molecular formula is C18H15N3O3S2. The SMILES string of the molecule is O=C(CCCc1nc2ccccc2s1)OCc1nc(-c2ccsc2)no1. The van der Waals surface area contributed by atoms with Gasteiger partial charge in [-0.25, -0.2) is 4.98 Å². The molecule has 0 aliphatic rings. The smallest absolute Gasteiger partial charge is 0.306 e. The maximum absolute atomic E-state index is 11.9. The number of ether oxygens (including phenoxy) is 1. The van der Waals surface area contributed by atoms with Crippen molar-refractivity contribution in [3.63, 3.8) is 0 Å². The third kappa shape index (κ3) is 3.97. The summed E-state index contributed by atoms with van der Waals surface area (Å²) in [6.07, 6.45) is 1.79. The molecule has 0 radical (unpaired) electrons. The number of fused-ring (bicyclic) bond motifs is 1. The fourth-order valence-corrected chi connectivity index (χ4v) is 4.09. The van der Waals surface area contributed by atoms with Crippen molar-refractivity contribution in [3.8, 4) is 11.4 Å². The number of aryl methyl sites for hydroxylation is 1. The lowest BCUT2D eigenvalue weighted by Gasteiger charge is -2.00. The molecule has 8 heteroatoms. The van der Waals surface area contributed by atoms with Crippen molar-refractivity contribution in [1.29, 1.82) is 0 Å². The summed E-state index contributed by atoms with van der Waals surface area (Å²) >= 11 is 3.22. The molecule has 4 aromatic rings. The Hall–Kier alpha value is -2.58. The minimum Gasteiger partial charge on any atom is -0.456 e. The Labute approximate surface area is 157 Å². The second-order valence-electron chi connectivity index (χ2n) is 5.61. The van der Waals surface area contributed by atoms with Crippen LogP contribution in [-0.4, -0.2) is 21.1 Å². The number of para-hydroxylation sites is 1. The Morgan fingerprint density at radius 3 is 2.96 bits per heavy atom. The van der Waals surface area contributed by atoms with Crippen LogP contribution in [-0.2, 0) is 22.6 Å². The number of esters is 1. The number of thiazole rings is 1. The summed E-state index contributed by atoms with van der Waals surface area (Å²) < 4.78 is 11.5. The zero-order chi connectivity index (χ0) is 17.8. The van der Waals surface area contributed by atoms with E-state index in [1.165, 1.54) is 4.70 Å². The molecule has 0 spiro atoms. The van der Waals surface area contributed by atoms with Gasteiger partial charge < -0.3 is 9.26 Å². The number of thiophene rings is 1. The van der Waals surface area contributed by atoms with Crippen LogP contribution >= 0.6 is 22.7 Å². The van der Waals surface area contributed by atoms with Crippen LogP contribution in [0, 0.1) is 0 Å². The number of benzene rings is 1. The predicted molar refractivity (Wildman–Crippen MR) is 100.0 cm³/mol. The highest BCUT2D eigenvalue weighted by molar-refractivity contribution is 7.18. The van der Waals surface area contributed by atoms with Gasteiger partial charge in [0.15, 0.2) is 6.61 Å². The number of hydrogen-bond donors (Lipinski definition) is 0. The lowest BCUT2D eigenvalue weighted by molar-refractivity contribution is -0.145. The predicted octanol–water partition coefficient (Wildman–Crippen LogP) is 4.47. The van der Waals surface area contributed by atoms with E-state index in [0.29, 0.717) is 24.6 Å². The molecule has 0 atom stereocenters. The molecule has 0 amide bonds. The Kier molecular flexibility index (Phi) is 5.03. The molecule has 0 aliphatic heterocycles. The van der Waals surface area contributed by atoms with E-state index < -0.39 is 0 Å². The van der Waals surface area contributed by atoms with Crippen molar-refractivity contribution in [2.75, 3.05) is 0 Å². The third-order valence-corrected chi connectivity index (χ3v) is 5.49. The number of carbonyl (C=O) groups is 1. The van der Waals surface area contributed by atoms with Gasteiger partial charge in [0.05, 0.1) is 15.2 Å². The fraction of sp³-hybridized carbons (Fsp3) is 0.222. The largest absolute Gasteiger partial charge is 0.456 e. The van der Waals surface area contributed by atoms with E-state index in [2.05, 4.69) is 21.2 Å². The van der Waals surface area contributed by atoms with Crippen LogP contribution in [0.3, 0.4) is 0 Å². The van der Waals surface area contributed by atoms with Gasteiger partial charge in [0, 0.05) is 17.4 Å². The van der Waals surface area contributed by atoms with Crippen molar-refractivity contribution in [1.82, 2.24) is 15.1 Å². The molecule has 26 heavy (non-hydrogen) atoms. The van der Waals surface area contributed by atoms with E-state index in [1.807, 2.05) is 35.0 Å².